The van der Waals surface area contributed by atoms with Gasteiger partial charge in [0.15, 0.2) is 5.75 Å². The minimum atomic E-state index is -0.540. The molecule has 0 radical (unpaired) electrons. The van der Waals surface area contributed by atoms with Crippen molar-refractivity contribution in [1.82, 2.24) is 0 Å². The number of ether oxygens (including phenoxy) is 3. The monoisotopic (exact) mass is 400 g/mol. The highest BCUT2D eigenvalue weighted by Crippen LogP contribution is 2.34. The van der Waals surface area contributed by atoms with Crippen LogP contribution in [0.2, 0.25) is 0 Å². The Bertz CT molecular complexity index is 927. The highest BCUT2D eigenvalue weighted by Gasteiger charge is 2.32. The number of methoxy groups -OCH3 is 2. The zero-order valence-corrected chi connectivity index (χ0v) is 16.0. The molecule has 1 saturated heterocycles. The minimum Gasteiger partial charge on any atom is -0.493 e. The Labute approximate surface area is 166 Å². The van der Waals surface area contributed by atoms with Crippen molar-refractivity contribution in [3.05, 3.63) is 58.1 Å². The minimum absolute atomic E-state index is 0.0658. The molecule has 1 atom stereocenters. The van der Waals surface area contributed by atoms with Crippen LogP contribution in [0.1, 0.15) is 16.8 Å². The van der Waals surface area contributed by atoms with E-state index in [1.165, 1.54) is 31.3 Å². The highest BCUT2D eigenvalue weighted by molar-refractivity contribution is 5.96. The summed E-state index contributed by atoms with van der Waals surface area (Å²) in [7, 11) is 2.67. The summed E-state index contributed by atoms with van der Waals surface area (Å²) in [5.74, 6) is 0.0922. The second-order valence-electron chi connectivity index (χ2n) is 6.51. The zero-order chi connectivity index (χ0) is 21.0. The van der Waals surface area contributed by atoms with Crippen molar-refractivity contribution in [2.24, 2.45) is 5.92 Å². The van der Waals surface area contributed by atoms with E-state index < -0.39 is 10.9 Å². The number of esters is 1. The Morgan fingerprint density at radius 2 is 1.93 bits per heavy atom. The lowest BCUT2D eigenvalue weighted by molar-refractivity contribution is -0.385. The lowest BCUT2D eigenvalue weighted by atomic mass is 10.1. The molecule has 1 fully saturated rings. The van der Waals surface area contributed by atoms with Gasteiger partial charge in [-0.2, -0.15) is 0 Å². The van der Waals surface area contributed by atoms with E-state index in [2.05, 4.69) is 4.74 Å². The molecule has 3 rings (SSSR count). The third kappa shape index (κ3) is 4.45. The fraction of sp³-hybridized carbons (Fsp3) is 0.300. The Kier molecular flexibility index (Phi) is 5.96. The average Bonchev–Trinajstić information content (AvgIpc) is 3.12. The van der Waals surface area contributed by atoms with Gasteiger partial charge in [-0.3, -0.25) is 14.9 Å². The summed E-state index contributed by atoms with van der Waals surface area (Å²) < 4.78 is 15.4. The van der Waals surface area contributed by atoms with Crippen LogP contribution < -0.4 is 14.4 Å². The molecule has 1 aliphatic heterocycles. The molecule has 1 heterocycles. The van der Waals surface area contributed by atoms with Gasteiger partial charge in [-0.25, -0.2) is 4.79 Å². The number of hydrogen-bond acceptors (Lipinski definition) is 7. The van der Waals surface area contributed by atoms with Gasteiger partial charge in [-0.15, -0.1) is 0 Å². The molecular weight excluding hydrogens is 380 g/mol. The Hall–Kier alpha value is -3.62. The predicted octanol–water partition coefficient (Wildman–Crippen LogP) is 2.82. The molecule has 152 valence electrons. The Morgan fingerprint density at radius 1 is 1.21 bits per heavy atom. The largest absolute Gasteiger partial charge is 0.493 e. The van der Waals surface area contributed by atoms with E-state index in [-0.39, 0.29) is 29.7 Å². The van der Waals surface area contributed by atoms with Crippen LogP contribution in [0, 0.1) is 16.0 Å². The Balaban J connectivity index is 1.64. The number of nitrogens with zero attached hydrogens (tertiary/aromatic N) is 2. The van der Waals surface area contributed by atoms with Gasteiger partial charge in [0.05, 0.1) is 37.0 Å². The van der Waals surface area contributed by atoms with Crippen LogP contribution in [0.25, 0.3) is 0 Å². The van der Waals surface area contributed by atoms with Crippen LogP contribution >= 0.6 is 0 Å². The summed E-state index contributed by atoms with van der Waals surface area (Å²) in [5, 5.41) is 11.2. The maximum atomic E-state index is 12.4. The molecule has 1 amide bonds. The zero-order valence-electron chi connectivity index (χ0n) is 16.0. The van der Waals surface area contributed by atoms with Gasteiger partial charge in [0.2, 0.25) is 5.91 Å². The van der Waals surface area contributed by atoms with E-state index in [0.717, 1.165) is 0 Å². The first-order chi connectivity index (χ1) is 13.9. The molecule has 2 aromatic rings. The first-order valence-corrected chi connectivity index (χ1v) is 8.87. The smallest absolute Gasteiger partial charge is 0.337 e. The maximum absolute atomic E-state index is 12.4. The quantitative estimate of drug-likeness (QED) is 0.399. The van der Waals surface area contributed by atoms with Crippen molar-refractivity contribution in [2.45, 2.75) is 6.42 Å². The summed E-state index contributed by atoms with van der Waals surface area (Å²) in [4.78, 5) is 36.0. The van der Waals surface area contributed by atoms with E-state index in [1.807, 2.05) is 0 Å². The summed E-state index contributed by atoms with van der Waals surface area (Å²) in [6.07, 6.45) is 0.278. The average molecular weight is 400 g/mol. The van der Waals surface area contributed by atoms with Crippen molar-refractivity contribution in [2.75, 3.05) is 32.3 Å². The van der Waals surface area contributed by atoms with E-state index in [1.54, 1.807) is 30.3 Å². The topological polar surface area (TPSA) is 108 Å². The van der Waals surface area contributed by atoms with E-state index in [9.17, 15) is 19.7 Å². The van der Waals surface area contributed by atoms with Crippen molar-refractivity contribution >= 4 is 23.3 Å². The number of nitro benzene ring substituents is 1. The second-order valence-corrected chi connectivity index (χ2v) is 6.51. The third-order valence-corrected chi connectivity index (χ3v) is 4.64. The molecular formula is C20H20N2O7. The number of hydrogen-bond donors (Lipinski definition) is 0. The second kappa shape index (κ2) is 8.59. The number of rotatable bonds is 7. The van der Waals surface area contributed by atoms with Gasteiger partial charge in [-0.05, 0) is 36.4 Å². The number of anilines is 1. The molecule has 0 saturated carbocycles. The number of carbonyl (C=O) groups is 2. The standard InChI is InChI=1S/C20H20N2O7/c1-27-18-8-5-15(10-17(18)22(25)26)21-11-13(9-19(21)23)12-29-16-6-3-14(4-7-16)20(24)28-2/h3-8,10,13H,9,11-12H2,1-2H3/t13-/m0/s1. The molecule has 0 unspecified atom stereocenters. The molecule has 0 bridgehead atoms. The first-order valence-electron chi connectivity index (χ1n) is 8.87. The van der Waals surface area contributed by atoms with Crippen molar-refractivity contribution in [3.8, 4) is 11.5 Å². The fourth-order valence-electron chi connectivity index (χ4n) is 3.15. The number of carbonyl (C=O) groups excluding carboxylic acids is 2. The third-order valence-electron chi connectivity index (χ3n) is 4.64. The fourth-order valence-corrected chi connectivity index (χ4v) is 3.15. The maximum Gasteiger partial charge on any atom is 0.337 e. The van der Waals surface area contributed by atoms with Crippen LogP contribution in [-0.2, 0) is 9.53 Å². The highest BCUT2D eigenvalue weighted by atomic mass is 16.6. The molecule has 0 spiro atoms. The van der Waals surface area contributed by atoms with Gasteiger partial charge in [0.25, 0.3) is 0 Å². The molecule has 9 nitrogen and oxygen atoms in total. The lowest BCUT2D eigenvalue weighted by Crippen LogP contribution is -2.25. The van der Waals surface area contributed by atoms with Gasteiger partial charge in [0, 0.05) is 24.9 Å². The summed E-state index contributed by atoms with van der Waals surface area (Å²) >= 11 is 0. The van der Waals surface area contributed by atoms with Gasteiger partial charge in [-0.1, -0.05) is 0 Å². The molecule has 0 aliphatic carbocycles. The summed E-state index contributed by atoms with van der Waals surface area (Å²) in [6.45, 7) is 0.695. The van der Waals surface area contributed by atoms with Crippen molar-refractivity contribution in [3.63, 3.8) is 0 Å². The number of amides is 1. The first kappa shape index (κ1) is 20.1. The van der Waals surface area contributed by atoms with E-state index in [4.69, 9.17) is 9.47 Å². The van der Waals surface area contributed by atoms with Crippen LogP contribution in [0.4, 0.5) is 11.4 Å². The summed E-state index contributed by atoms with van der Waals surface area (Å²) in [6, 6.07) is 11.0. The SMILES string of the molecule is COC(=O)c1ccc(OC[C@H]2CC(=O)N(c3ccc(OC)c([N+](=O)[O-])c3)C2)cc1. The van der Waals surface area contributed by atoms with Gasteiger partial charge in [0.1, 0.15) is 5.75 Å². The van der Waals surface area contributed by atoms with Crippen LogP contribution in [0.15, 0.2) is 42.5 Å². The molecule has 29 heavy (non-hydrogen) atoms. The van der Waals surface area contributed by atoms with E-state index >= 15 is 0 Å². The van der Waals surface area contributed by atoms with Gasteiger partial charge < -0.3 is 19.1 Å². The molecule has 0 N–H and O–H groups in total. The number of benzene rings is 2. The summed E-state index contributed by atoms with van der Waals surface area (Å²) in [5.41, 5.74) is 0.679. The van der Waals surface area contributed by atoms with Crippen LogP contribution in [0.5, 0.6) is 11.5 Å². The van der Waals surface area contributed by atoms with Gasteiger partial charge >= 0.3 is 11.7 Å². The van der Waals surface area contributed by atoms with Crippen molar-refractivity contribution < 1.29 is 28.7 Å². The molecule has 2 aromatic carbocycles. The molecule has 1 aliphatic rings. The van der Waals surface area contributed by atoms with Crippen molar-refractivity contribution in [1.29, 1.82) is 0 Å². The predicted molar refractivity (Wildman–Crippen MR) is 103 cm³/mol. The Morgan fingerprint density at radius 3 is 2.55 bits per heavy atom. The lowest BCUT2D eigenvalue weighted by Gasteiger charge is -2.17. The molecule has 9 heteroatoms. The van der Waals surface area contributed by atoms with Crippen LogP contribution in [0.3, 0.4) is 0 Å². The normalized spacial score (nSPS) is 15.9. The van der Waals surface area contributed by atoms with E-state index in [0.29, 0.717) is 30.2 Å². The van der Waals surface area contributed by atoms with Crippen LogP contribution in [-0.4, -0.2) is 44.2 Å². The number of nitro groups is 1. The molecule has 0 aromatic heterocycles.